The largest absolute Gasteiger partial charge is 0.497 e. The molecule has 4 nitrogen and oxygen atoms in total. The molecule has 2 heterocycles. The Hall–Kier alpha value is -2.98. The summed E-state index contributed by atoms with van der Waals surface area (Å²) in [5.41, 5.74) is 5.36. The van der Waals surface area contributed by atoms with Gasteiger partial charge in [0.1, 0.15) is 5.75 Å². The van der Waals surface area contributed by atoms with Crippen LogP contribution in [-0.2, 0) is 13.1 Å². The van der Waals surface area contributed by atoms with Gasteiger partial charge in [-0.3, -0.25) is 4.90 Å². The summed E-state index contributed by atoms with van der Waals surface area (Å²) in [5.74, 6) is 0.914. The quantitative estimate of drug-likeness (QED) is 0.463. The van der Waals surface area contributed by atoms with E-state index in [0.29, 0.717) is 0 Å². The van der Waals surface area contributed by atoms with Gasteiger partial charge in [0.25, 0.3) is 0 Å². The number of aryl methyl sites for hydroxylation is 1. The van der Waals surface area contributed by atoms with Crippen molar-refractivity contribution in [1.82, 2.24) is 9.47 Å². The molecule has 0 N–H and O–H groups in total. The van der Waals surface area contributed by atoms with Crippen molar-refractivity contribution in [3.63, 3.8) is 0 Å². The number of nitrogens with zero attached hydrogens (tertiary/aromatic N) is 3. The van der Waals surface area contributed by atoms with Gasteiger partial charge in [-0.05, 0) is 55.0 Å². The lowest BCUT2D eigenvalue weighted by Crippen LogP contribution is -2.45. The van der Waals surface area contributed by atoms with E-state index in [2.05, 4.69) is 75.9 Å². The first kappa shape index (κ1) is 19.0. The zero-order valence-corrected chi connectivity index (χ0v) is 17.8. The molecule has 5 rings (SSSR count). The molecule has 1 aliphatic heterocycles. The van der Waals surface area contributed by atoms with Crippen LogP contribution in [0.1, 0.15) is 12.5 Å². The van der Waals surface area contributed by atoms with Gasteiger partial charge in [-0.1, -0.05) is 24.3 Å². The van der Waals surface area contributed by atoms with Crippen molar-refractivity contribution >= 4 is 27.5 Å². The van der Waals surface area contributed by atoms with Crippen molar-refractivity contribution in [3.8, 4) is 5.75 Å². The standard InChI is InChI=1S/C26H29N3O/c1-3-29-25-7-5-4-6-23(25)24-18-20(8-13-26(24)29)19-27-14-16-28(17-15-27)21-9-11-22(30-2)12-10-21/h4-13,18H,3,14-17,19H2,1-2H3. The van der Waals surface area contributed by atoms with Gasteiger partial charge in [0.2, 0.25) is 0 Å². The molecule has 0 radical (unpaired) electrons. The molecule has 0 bridgehead atoms. The highest BCUT2D eigenvalue weighted by Crippen LogP contribution is 2.30. The fourth-order valence-corrected chi connectivity index (χ4v) is 4.76. The Morgan fingerprint density at radius 2 is 1.53 bits per heavy atom. The molecule has 1 saturated heterocycles. The number of hydrogen-bond donors (Lipinski definition) is 0. The van der Waals surface area contributed by atoms with E-state index in [9.17, 15) is 0 Å². The maximum Gasteiger partial charge on any atom is 0.119 e. The molecular weight excluding hydrogens is 370 g/mol. The fraction of sp³-hybridized carbons (Fsp3) is 0.308. The van der Waals surface area contributed by atoms with Gasteiger partial charge in [0.05, 0.1) is 7.11 Å². The Bertz CT molecular complexity index is 1150. The predicted molar refractivity (Wildman–Crippen MR) is 126 cm³/mol. The number of fused-ring (bicyclic) bond motifs is 3. The summed E-state index contributed by atoms with van der Waals surface area (Å²) in [6.45, 7) is 8.52. The van der Waals surface area contributed by atoms with Gasteiger partial charge in [-0.15, -0.1) is 0 Å². The molecule has 3 aromatic carbocycles. The molecule has 0 amide bonds. The topological polar surface area (TPSA) is 20.6 Å². The number of piperazine rings is 1. The average Bonchev–Trinajstić information content (AvgIpc) is 3.13. The lowest BCUT2D eigenvalue weighted by Gasteiger charge is -2.36. The van der Waals surface area contributed by atoms with E-state index in [1.54, 1.807) is 7.11 Å². The normalized spacial score (nSPS) is 15.2. The first-order valence-corrected chi connectivity index (χ1v) is 10.9. The molecule has 0 saturated carbocycles. The van der Waals surface area contributed by atoms with Gasteiger partial charge in [0, 0.05) is 66.8 Å². The Morgan fingerprint density at radius 1 is 0.800 bits per heavy atom. The highest BCUT2D eigenvalue weighted by Gasteiger charge is 2.18. The summed E-state index contributed by atoms with van der Waals surface area (Å²) >= 11 is 0. The molecule has 0 aliphatic carbocycles. The lowest BCUT2D eigenvalue weighted by molar-refractivity contribution is 0.250. The van der Waals surface area contributed by atoms with Gasteiger partial charge >= 0.3 is 0 Å². The van der Waals surface area contributed by atoms with Crippen LogP contribution in [0, 0.1) is 0 Å². The third-order valence-corrected chi connectivity index (χ3v) is 6.37. The molecule has 0 unspecified atom stereocenters. The molecule has 1 aromatic heterocycles. The number of aromatic nitrogens is 1. The third-order valence-electron chi connectivity index (χ3n) is 6.37. The van der Waals surface area contributed by atoms with Crippen LogP contribution in [-0.4, -0.2) is 42.8 Å². The fourth-order valence-electron chi connectivity index (χ4n) is 4.76. The van der Waals surface area contributed by atoms with Crippen molar-refractivity contribution in [1.29, 1.82) is 0 Å². The van der Waals surface area contributed by atoms with Gasteiger partial charge in [0.15, 0.2) is 0 Å². The predicted octanol–water partition coefficient (Wildman–Crippen LogP) is 5.15. The number of para-hydroxylation sites is 1. The van der Waals surface area contributed by atoms with Crippen LogP contribution in [0.25, 0.3) is 21.8 Å². The first-order chi connectivity index (χ1) is 14.8. The van der Waals surface area contributed by atoms with E-state index >= 15 is 0 Å². The Balaban J connectivity index is 1.31. The van der Waals surface area contributed by atoms with Crippen LogP contribution in [0.15, 0.2) is 66.7 Å². The minimum atomic E-state index is 0.914. The van der Waals surface area contributed by atoms with Crippen molar-refractivity contribution in [2.45, 2.75) is 20.0 Å². The molecule has 0 spiro atoms. The second kappa shape index (κ2) is 8.04. The molecule has 1 fully saturated rings. The third kappa shape index (κ3) is 3.41. The van der Waals surface area contributed by atoms with Crippen LogP contribution >= 0.6 is 0 Å². The summed E-state index contributed by atoms with van der Waals surface area (Å²) < 4.78 is 7.70. The SMILES string of the molecule is CCn1c2ccccc2c2cc(CN3CCN(c4ccc(OC)cc4)CC3)ccc21. The Morgan fingerprint density at radius 3 is 2.27 bits per heavy atom. The highest BCUT2D eigenvalue weighted by molar-refractivity contribution is 6.08. The van der Waals surface area contributed by atoms with Gasteiger partial charge in [-0.25, -0.2) is 0 Å². The summed E-state index contributed by atoms with van der Waals surface area (Å²) in [6, 6.07) is 24.2. The zero-order chi connectivity index (χ0) is 20.5. The lowest BCUT2D eigenvalue weighted by atomic mass is 10.1. The zero-order valence-electron chi connectivity index (χ0n) is 17.8. The number of benzene rings is 3. The summed E-state index contributed by atoms with van der Waals surface area (Å²) in [6.07, 6.45) is 0. The summed E-state index contributed by atoms with van der Waals surface area (Å²) in [7, 11) is 1.71. The summed E-state index contributed by atoms with van der Waals surface area (Å²) in [5, 5.41) is 2.74. The maximum atomic E-state index is 5.28. The number of hydrogen-bond acceptors (Lipinski definition) is 3. The van der Waals surface area contributed by atoms with Crippen molar-refractivity contribution in [2.75, 3.05) is 38.2 Å². The Kier molecular flexibility index (Phi) is 5.09. The average molecular weight is 400 g/mol. The molecular formula is C26H29N3O. The van der Waals surface area contributed by atoms with Crippen molar-refractivity contribution < 1.29 is 4.74 Å². The number of rotatable bonds is 5. The van der Waals surface area contributed by atoms with Gasteiger partial charge in [-0.2, -0.15) is 0 Å². The molecule has 4 aromatic rings. The summed E-state index contributed by atoms with van der Waals surface area (Å²) in [4.78, 5) is 5.04. The van der Waals surface area contributed by atoms with E-state index in [4.69, 9.17) is 4.74 Å². The van der Waals surface area contributed by atoms with E-state index in [1.807, 2.05) is 12.1 Å². The van der Waals surface area contributed by atoms with E-state index in [1.165, 1.54) is 33.1 Å². The second-order valence-corrected chi connectivity index (χ2v) is 8.07. The van der Waals surface area contributed by atoms with Crippen LogP contribution < -0.4 is 9.64 Å². The van der Waals surface area contributed by atoms with E-state index < -0.39 is 0 Å². The minimum Gasteiger partial charge on any atom is -0.497 e. The smallest absolute Gasteiger partial charge is 0.119 e. The number of anilines is 1. The van der Waals surface area contributed by atoms with Crippen LogP contribution in [0.4, 0.5) is 5.69 Å². The van der Waals surface area contributed by atoms with Crippen LogP contribution in [0.3, 0.4) is 0 Å². The molecule has 154 valence electrons. The van der Waals surface area contributed by atoms with Gasteiger partial charge < -0.3 is 14.2 Å². The van der Waals surface area contributed by atoms with Crippen molar-refractivity contribution in [3.05, 3.63) is 72.3 Å². The van der Waals surface area contributed by atoms with E-state index in [-0.39, 0.29) is 0 Å². The maximum absolute atomic E-state index is 5.28. The molecule has 0 atom stereocenters. The monoisotopic (exact) mass is 399 g/mol. The minimum absolute atomic E-state index is 0.914. The number of methoxy groups -OCH3 is 1. The number of ether oxygens (including phenoxy) is 1. The second-order valence-electron chi connectivity index (χ2n) is 8.07. The Labute approximate surface area is 178 Å². The van der Waals surface area contributed by atoms with Crippen LogP contribution in [0.5, 0.6) is 5.75 Å². The van der Waals surface area contributed by atoms with E-state index in [0.717, 1.165) is 45.0 Å². The first-order valence-electron chi connectivity index (χ1n) is 10.9. The molecule has 1 aliphatic rings. The molecule has 4 heteroatoms. The molecule has 30 heavy (non-hydrogen) atoms. The van der Waals surface area contributed by atoms with Crippen molar-refractivity contribution in [2.24, 2.45) is 0 Å². The van der Waals surface area contributed by atoms with Crippen LogP contribution in [0.2, 0.25) is 0 Å². The highest BCUT2D eigenvalue weighted by atomic mass is 16.5.